The summed E-state index contributed by atoms with van der Waals surface area (Å²) in [6.45, 7) is 3.83. The summed E-state index contributed by atoms with van der Waals surface area (Å²) in [6.07, 6.45) is 4.79. The second-order valence-electron chi connectivity index (χ2n) is 4.84. The molecule has 1 fully saturated rings. The van der Waals surface area contributed by atoms with Crippen molar-refractivity contribution in [1.82, 2.24) is 4.90 Å². The fraction of sp³-hybridized carbons (Fsp3) is 0.571. The van der Waals surface area contributed by atoms with Crippen molar-refractivity contribution in [2.24, 2.45) is 5.73 Å². The average Bonchev–Trinajstić information content (AvgIpc) is 2.35. The van der Waals surface area contributed by atoms with E-state index >= 15 is 0 Å². The first-order chi connectivity index (χ1) is 8.29. The smallest absolute Gasteiger partial charge is 0.120 e. The Hall–Kier alpha value is -1.06. The highest BCUT2D eigenvalue weighted by Gasteiger charge is 2.12. The molecule has 0 spiro atoms. The van der Waals surface area contributed by atoms with E-state index < -0.39 is 0 Å². The molecule has 17 heavy (non-hydrogen) atoms. The van der Waals surface area contributed by atoms with Crippen LogP contribution in [0.5, 0.6) is 5.75 Å². The van der Waals surface area contributed by atoms with E-state index in [1.807, 2.05) is 6.07 Å². The zero-order valence-electron chi connectivity index (χ0n) is 10.4. The van der Waals surface area contributed by atoms with Crippen LogP contribution in [-0.4, -0.2) is 29.6 Å². The van der Waals surface area contributed by atoms with Crippen molar-refractivity contribution >= 4 is 0 Å². The molecular formula is C14H22N2O. The normalized spacial score (nSPS) is 17.2. The third-order valence-corrected chi connectivity index (χ3v) is 3.42. The van der Waals surface area contributed by atoms with Crippen molar-refractivity contribution in [3.05, 3.63) is 29.3 Å². The molecule has 1 aliphatic heterocycles. The first-order valence-corrected chi connectivity index (χ1v) is 6.53. The Morgan fingerprint density at radius 3 is 2.65 bits per heavy atom. The van der Waals surface area contributed by atoms with Crippen LogP contribution in [0.25, 0.3) is 0 Å². The first-order valence-electron chi connectivity index (χ1n) is 6.53. The van der Waals surface area contributed by atoms with Crippen LogP contribution in [0.4, 0.5) is 0 Å². The van der Waals surface area contributed by atoms with E-state index in [2.05, 4.69) is 11.0 Å². The highest BCUT2D eigenvalue weighted by molar-refractivity contribution is 5.36. The predicted molar refractivity (Wildman–Crippen MR) is 70.0 cm³/mol. The van der Waals surface area contributed by atoms with Gasteiger partial charge in [0.15, 0.2) is 0 Å². The molecule has 3 N–H and O–H groups in total. The van der Waals surface area contributed by atoms with Gasteiger partial charge in [-0.05, 0) is 50.5 Å². The molecule has 0 saturated carbocycles. The number of piperidine rings is 1. The molecule has 94 valence electrons. The van der Waals surface area contributed by atoms with Crippen LogP contribution in [0, 0.1) is 0 Å². The van der Waals surface area contributed by atoms with E-state index in [4.69, 9.17) is 5.73 Å². The summed E-state index contributed by atoms with van der Waals surface area (Å²) in [6, 6.07) is 5.85. The zero-order valence-corrected chi connectivity index (χ0v) is 10.4. The minimum Gasteiger partial charge on any atom is -0.508 e. The summed E-state index contributed by atoms with van der Waals surface area (Å²) < 4.78 is 0. The Morgan fingerprint density at radius 1 is 1.18 bits per heavy atom. The van der Waals surface area contributed by atoms with Gasteiger partial charge in [0.25, 0.3) is 0 Å². The summed E-state index contributed by atoms with van der Waals surface area (Å²) in [5.74, 6) is 0.413. The highest BCUT2D eigenvalue weighted by atomic mass is 16.3. The number of benzene rings is 1. The molecule has 0 radical (unpaired) electrons. The lowest BCUT2D eigenvalue weighted by atomic mass is 10.1. The summed E-state index contributed by atoms with van der Waals surface area (Å²) in [5.41, 5.74) is 7.82. The third kappa shape index (κ3) is 3.45. The summed E-state index contributed by atoms with van der Waals surface area (Å²) in [5, 5.41) is 9.88. The molecule has 1 saturated heterocycles. The van der Waals surface area contributed by atoms with Crippen molar-refractivity contribution in [3.8, 4) is 5.75 Å². The Bertz CT molecular complexity index is 359. The highest BCUT2D eigenvalue weighted by Crippen LogP contribution is 2.22. The number of nitrogens with zero attached hydrogens (tertiary/aromatic N) is 1. The topological polar surface area (TPSA) is 49.5 Å². The fourth-order valence-corrected chi connectivity index (χ4v) is 2.45. The average molecular weight is 234 g/mol. The fourth-order valence-electron chi connectivity index (χ4n) is 2.45. The second-order valence-corrected chi connectivity index (χ2v) is 4.84. The monoisotopic (exact) mass is 234 g/mol. The van der Waals surface area contributed by atoms with Crippen LogP contribution < -0.4 is 5.73 Å². The van der Waals surface area contributed by atoms with Gasteiger partial charge in [-0.25, -0.2) is 0 Å². The number of hydrogen-bond acceptors (Lipinski definition) is 3. The number of rotatable bonds is 4. The quantitative estimate of drug-likeness (QED) is 0.836. The SMILES string of the molecule is NCCc1ccc(O)c(CN2CCCCC2)c1. The molecule has 0 atom stereocenters. The van der Waals surface area contributed by atoms with Gasteiger partial charge in [0.1, 0.15) is 5.75 Å². The molecule has 2 rings (SSSR count). The molecule has 0 unspecified atom stereocenters. The van der Waals surface area contributed by atoms with Crippen LogP contribution in [0.1, 0.15) is 30.4 Å². The molecule has 0 aliphatic carbocycles. The maximum absolute atomic E-state index is 9.88. The van der Waals surface area contributed by atoms with Crippen molar-refractivity contribution < 1.29 is 5.11 Å². The van der Waals surface area contributed by atoms with Gasteiger partial charge in [-0.2, -0.15) is 0 Å². The van der Waals surface area contributed by atoms with E-state index in [1.54, 1.807) is 6.07 Å². The van der Waals surface area contributed by atoms with Crippen molar-refractivity contribution in [2.75, 3.05) is 19.6 Å². The number of phenols is 1. The number of nitrogens with two attached hydrogens (primary N) is 1. The number of likely N-dealkylation sites (tertiary alicyclic amines) is 1. The van der Waals surface area contributed by atoms with E-state index in [9.17, 15) is 5.11 Å². The van der Waals surface area contributed by atoms with E-state index in [1.165, 1.54) is 24.8 Å². The number of phenolic OH excluding ortho intramolecular Hbond substituents is 1. The molecule has 1 aliphatic rings. The van der Waals surface area contributed by atoms with Crippen LogP contribution >= 0.6 is 0 Å². The molecule has 0 aromatic heterocycles. The summed E-state index contributed by atoms with van der Waals surface area (Å²) in [4.78, 5) is 2.42. The second kappa shape index (κ2) is 6.03. The number of aromatic hydroxyl groups is 1. The molecule has 0 amide bonds. The minimum absolute atomic E-state index is 0.413. The lowest BCUT2D eigenvalue weighted by molar-refractivity contribution is 0.218. The molecule has 3 nitrogen and oxygen atoms in total. The van der Waals surface area contributed by atoms with Gasteiger partial charge in [0.2, 0.25) is 0 Å². The molecular weight excluding hydrogens is 212 g/mol. The largest absolute Gasteiger partial charge is 0.508 e. The van der Waals surface area contributed by atoms with Gasteiger partial charge in [0.05, 0.1) is 0 Å². The molecule has 1 aromatic rings. The van der Waals surface area contributed by atoms with Crippen molar-refractivity contribution in [2.45, 2.75) is 32.2 Å². The molecule has 1 aromatic carbocycles. The van der Waals surface area contributed by atoms with Gasteiger partial charge in [-0.15, -0.1) is 0 Å². The van der Waals surface area contributed by atoms with Gasteiger partial charge < -0.3 is 10.8 Å². The minimum atomic E-state index is 0.413. The van der Waals surface area contributed by atoms with Crippen LogP contribution in [-0.2, 0) is 13.0 Å². The summed E-state index contributed by atoms with van der Waals surface area (Å²) >= 11 is 0. The van der Waals surface area contributed by atoms with Crippen molar-refractivity contribution in [1.29, 1.82) is 0 Å². The Kier molecular flexibility index (Phi) is 4.40. The van der Waals surface area contributed by atoms with Gasteiger partial charge >= 0.3 is 0 Å². The Labute approximate surface area is 103 Å². The van der Waals surface area contributed by atoms with Crippen LogP contribution in [0.3, 0.4) is 0 Å². The summed E-state index contributed by atoms with van der Waals surface area (Å²) in [7, 11) is 0. The first kappa shape index (κ1) is 12.4. The van der Waals surface area contributed by atoms with Crippen LogP contribution in [0.2, 0.25) is 0 Å². The Morgan fingerprint density at radius 2 is 1.94 bits per heavy atom. The predicted octanol–water partition coefficient (Wildman–Crippen LogP) is 1.88. The zero-order chi connectivity index (χ0) is 12.1. The lowest BCUT2D eigenvalue weighted by Gasteiger charge is -2.26. The molecule has 1 heterocycles. The van der Waals surface area contributed by atoms with E-state index in [0.29, 0.717) is 12.3 Å². The Balaban J connectivity index is 2.04. The van der Waals surface area contributed by atoms with E-state index in [0.717, 1.165) is 31.6 Å². The van der Waals surface area contributed by atoms with E-state index in [-0.39, 0.29) is 0 Å². The van der Waals surface area contributed by atoms with Crippen LogP contribution in [0.15, 0.2) is 18.2 Å². The lowest BCUT2D eigenvalue weighted by Crippen LogP contribution is -2.29. The van der Waals surface area contributed by atoms with Crippen molar-refractivity contribution in [3.63, 3.8) is 0 Å². The van der Waals surface area contributed by atoms with Gasteiger partial charge in [-0.3, -0.25) is 4.90 Å². The standard InChI is InChI=1S/C14H22N2O/c15-7-6-12-4-5-14(17)13(10-12)11-16-8-2-1-3-9-16/h4-5,10,17H,1-3,6-9,11,15H2. The number of hydrogen-bond donors (Lipinski definition) is 2. The third-order valence-electron chi connectivity index (χ3n) is 3.42. The molecule has 3 heteroatoms. The molecule has 0 bridgehead atoms. The maximum Gasteiger partial charge on any atom is 0.120 e. The van der Waals surface area contributed by atoms with Gasteiger partial charge in [0, 0.05) is 12.1 Å². The maximum atomic E-state index is 9.88. The van der Waals surface area contributed by atoms with Gasteiger partial charge in [-0.1, -0.05) is 18.6 Å².